The maximum atomic E-state index is 10.0. The van der Waals surface area contributed by atoms with Gasteiger partial charge in [-0.05, 0) is 84.4 Å². The second kappa shape index (κ2) is 10.2. The first kappa shape index (κ1) is 27.1. The summed E-state index contributed by atoms with van der Waals surface area (Å²) in [6.07, 6.45) is 0. The molecule has 0 radical (unpaired) electrons. The van der Waals surface area contributed by atoms with Crippen molar-refractivity contribution < 1.29 is 4.42 Å². The lowest BCUT2D eigenvalue weighted by Gasteiger charge is -2.15. The second-order valence-corrected chi connectivity index (χ2v) is 12.4. The summed E-state index contributed by atoms with van der Waals surface area (Å²) in [5.74, 6) is 0. The van der Waals surface area contributed by atoms with Crippen molar-refractivity contribution >= 4 is 65.6 Å². The lowest BCUT2D eigenvalue weighted by atomic mass is 9.98. The van der Waals surface area contributed by atoms with E-state index in [1.165, 1.54) is 0 Å². The van der Waals surface area contributed by atoms with Crippen LogP contribution in [-0.2, 0) is 0 Å². The van der Waals surface area contributed by atoms with Gasteiger partial charge in [-0.3, -0.25) is 0 Å². The summed E-state index contributed by atoms with van der Waals surface area (Å²) in [7, 11) is 0. The normalized spacial score (nSPS) is 11.6. The van der Waals surface area contributed by atoms with Crippen LogP contribution in [-0.4, -0.2) is 9.13 Å². The molecular formula is C44H24N4O. The molecule has 5 nitrogen and oxygen atoms in total. The molecule has 0 unspecified atom stereocenters. The van der Waals surface area contributed by atoms with Gasteiger partial charge in [0.1, 0.15) is 11.2 Å². The van der Waals surface area contributed by atoms with Gasteiger partial charge in [0.15, 0.2) is 0 Å². The number of nitrogens with zero attached hydrogens (tertiary/aromatic N) is 4. The molecule has 49 heavy (non-hydrogen) atoms. The van der Waals surface area contributed by atoms with Gasteiger partial charge >= 0.3 is 0 Å². The van der Waals surface area contributed by atoms with Gasteiger partial charge in [0, 0.05) is 38.2 Å². The first-order valence-electron chi connectivity index (χ1n) is 16.1. The van der Waals surface area contributed by atoms with Crippen LogP contribution < -0.4 is 0 Å². The number of hydrogen-bond acceptors (Lipinski definition) is 3. The van der Waals surface area contributed by atoms with E-state index in [0.717, 1.165) is 88.1 Å². The van der Waals surface area contributed by atoms with Crippen LogP contribution in [0.2, 0.25) is 0 Å². The Bertz CT molecular complexity index is 3070. The summed E-state index contributed by atoms with van der Waals surface area (Å²) in [6, 6.07) is 54.2. The second-order valence-electron chi connectivity index (χ2n) is 12.4. The molecule has 0 fully saturated rings. The summed E-state index contributed by atoms with van der Waals surface area (Å²) >= 11 is 0. The third-order valence-electron chi connectivity index (χ3n) is 9.77. The predicted octanol–water partition coefficient (Wildman–Crippen LogP) is 11.2. The molecule has 0 spiro atoms. The van der Waals surface area contributed by atoms with Crippen LogP contribution in [0, 0.1) is 22.7 Å². The maximum Gasteiger partial charge on any atom is 0.145 e. The van der Waals surface area contributed by atoms with E-state index in [1.54, 1.807) is 0 Å². The third kappa shape index (κ3) is 3.85. The Balaban J connectivity index is 1.31. The quantitative estimate of drug-likeness (QED) is 0.196. The maximum absolute atomic E-state index is 10.0. The van der Waals surface area contributed by atoms with Crippen molar-refractivity contribution in [2.24, 2.45) is 0 Å². The Labute approximate surface area is 280 Å². The number of rotatable bonds is 3. The fourth-order valence-corrected chi connectivity index (χ4v) is 7.64. The number of para-hydroxylation sites is 3. The molecule has 0 saturated heterocycles. The van der Waals surface area contributed by atoms with E-state index in [1.807, 2.05) is 66.7 Å². The zero-order valence-corrected chi connectivity index (χ0v) is 26.1. The van der Waals surface area contributed by atoms with E-state index >= 15 is 0 Å². The monoisotopic (exact) mass is 624 g/mol. The molecule has 0 atom stereocenters. The zero-order valence-electron chi connectivity index (χ0n) is 26.1. The highest BCUT2D eigenvalue weighted by Crippen LogP contribution is 2.43. The number of nitriles is 2. The highest BCUT2D eigenvalue weighted by molar-refractivity contribution is 6.24. The average molecular weight is 625 g/mol. The van der Waals surface area contributed by atoms with E-state index in [4.69, 9.17) is 4.42 Å². The van der Waals surface area contributed by atoms with E-state index in [9.17, 15) is 10.5 Å². The Morgan fingerprint density at radius 1 is 0.469 bits per heavy atom. The molecular weight excluding hydrogens is 601 g/mol. The first-order valence-corrected chi connectivity index (χ1v) is 16.1. The Hall–Kier alpha value is -7.08. The molecule has 0 amide bonds. The molecule has 3 heterocycles. The lowest BCUT2D eigenvalue weighted by Crippen LogP contribution is -1.98. The average Bonchev–Trinajstić information content (AvgIpc) is 3.82. The molecule has 10 aromatic rings. The van der Waals surface area contributed by atoms with Crippen LogP contribution in [0.3, 0.4) is 0 Å². The SMILES string of the molecule is N#Cc1ccc(-c2ccc3c(c2)c2c4oc5ccccc5c4ccc2n3-c2ccccc2)c(-n2c3ccccc3c3cc(C#N)ccc32)c1. The van der Waals surface area contributed by atoms with Crippen molar-refractivity contribution in [2.45, 2.75) is 0 Å². The number of fused-ring (bicyclic) bond motifs is 10. The van der Waals surface area contributed by atoms with Crippen LogP contribution in [0.15, 0.2) is 150 Å². The van der Waals surface area contributed by atoms with Gasteiger partial charge < -0.3 is 13.6 Å². The van der Waals surface area contributed by atoms with E-state index in [2.05, 4.69) is 100 Å². The fraction of sp³-hybridized carbons (Fsp3) is 0. The first-order chi connectivity index (χ1) is 24.2. The smallest absolute Gasteiger partial charge is 0.145 e. The summed E-state index contributed by atoms with van der Waals surface area (Å²) in [5.41, 5.74) is 11.0. The Morgan fingerprint density at radius 3 is 2.00 bits per heavy atom. The van der Waals surface area contributed by atoms with Gasteiger partial charge in [0.25, 0.3) is 0 Å². The van der Waals surface area contributed by atoms with Gasteiger partial charge in [0.2, 0.25) is 0 Å². The molecule has 226 valence electrons. The number of benzene rings is 7. The van der Waals surface area contributed by atoms with Crippen LogP contribution in [0.4, 0.5) is 0 Å². The van der Waals surface area contributed by atoms with Gasteiger partial charge in [-0.1, -0.05) is 66.7 Å². The van der Waals surface area contributed by atoms with E-state index < -0.39 is 0 Å². The molecule has 0 saturated carbocycles. The highest BCUT2D eigenvalue weighted by atomic mass is 16.3. The highest BCUT2D eigenvalue weighted by Gasteiger charge is 2.21. The largest absolute Gasteiger partial charge is 0.455 e. The molecule has 10 rings (SSSR count). The summed E-state index contributed by atoms with van der Waals surface area (Å²) < 4.78 is 11.1. The van der Waals surface area contributed by atoms with Crippen molar-refractivity contribution in [3.63, 3.8) is 0 Å². The molecule has 0 N–H and O–H groups in total. The molecule has 0 aliphatic heterocycles. The molecule has 7 aromatic carbocycles. The molecule has 5 heteroatoms. The number of hydrogen-bond donors (Lipinski definition) is 0. The van der Waals surface area contributed by atoms with Gasteiger partial charge in [0.05, 0.1) is 56.4 Å². The summed E-state index contributed by atoms with van der Waals surface area (Å²) in [6.45, 7) is 0. The zero-order chi connectivity index (χ0) is 32.6. The Morgan fingerprint density at radius 2 is 1.14 bits per heavy atom. The van der Waals surface area contributed by atoms with Crippen molar-refractivity contribution in [2.75, 3.05) is 0 Å². The summed E-state index contributed by atoms with van der Waals surface area (Å²) in [4.78, 5) is 0. The van der Waals surface area contributed by atoms with Crippen LogP contribution >= 0.6 is 0 Å². The molecule has 0 aliphatic rings. The Kier molecular flexibility index (Phi) is 5.64. The minimum absolute atomic E-state index is 0.573. The number of aromatic nitrogens is 2. The van der Waals surface area contributed by atoms with E-state index in [0.29, 0.717) is 11.1 Å². The topological polar surface area (TPSA) is 70.6 Å². The molecule has 0 bridgehead atoms. The van der Waals surface area contributed by atoms with Crippen molar-refractivity contribution in [1.29, 1.82) is 10.5 Å². The van der Waals surface area contributed by atoms with Crippen LogP contribution in [0.25, 0.3) is 88.1 Å². The molecule has 3 aromatic heterocycles. The minimum atomic E-state index is 0.573. The minimum Gasteiger partial charge on any atom is -0.455 e. The van der Waals surface area contributed by atoms with Gasteiger partial charge in [-0.25, -0.2) is 0 Å². The van der Waals surface area contributed by atoms with Gasteiger partial charge in [-0.2, -0.15) is 10.5 Å². The van der Waals surface area contributed by atoms with Crippen molar-refractivity contribution in [3.8, 4) is 34.6 Å². The summed E-state index contributed by atoms with van der Waals surface area (Å²) in [5, 5.41) is 26.1. The van der Waals surface area contributed by atoms with Crippen LogP contribution in [0.5, 0.6) is 0 Å². The van der Waals surface area contributed by atoms with Gasteiger partial charge in [-0.15, -0.1) is 0 Å². The lowest BCUT2D eigenvalue weighted by molar-refractivity contribution is 0.673. The van der Waals surface area contributed by atoms with Crippen LogP contribution in [0.1, 0.15) is 11.1 Å². The fourth-order valence-electron chi connectivity index (χ4n) is 7.64. The standard InChI is InChI=1S/C44H24N4O/c45-25-27-15-19-38-35(22-27)32-10-4-6-12-37(32)48(38)41-23-28(26-46)14-17-31(41)29-16-20-39-36(24-29)43-40(47(39)30-8-2-1-3-9-30)21-18-34-33-11-5-7-13-42(33)49-44(34)43/h1-24H. The van der Waals surface area contributed by atoms with Crippen molar-refractivity contribution in [1.82, 2.24) is 9.13 Å². The van der Waals surface area contributed by atoms with E-state index in [-0.39, 0.29) is 0 Å². The predicted molar refractivity (Wildman–Crippen MR) is 197 cm³/mol. The number of furan rings is 1. The molecule has 0 aliphatic carbocycles. The third-order valence-corrected chi connectivity index (χ3v) is 9.77. The van der Waals surface area contributed by atoms with Crippen molar-refractivity contribution in [3.05, 3.63) is 157 Å².